The number of hydrogen-bond acceptors (Lipinski definition) is 6. The van der Waals surface area contributed by atoms with E-state index in [-0.39, 0.29) is 47.3 Å². The molecule has 1 aromatic carbocycles. The van der Waals surface area contributed by atoms with Crippen molar-refractivity contribution < 1.29 is 22.4 Å². The summed E-state index contributed by atoms with van der Waals surface area (Å²) in [6, 6.07) is 4.42. The quantitative estimate of drug-likeness (QED) is 0.522. The van der Waals surface area contributed by atoms with Crippen LogP contribution in [-0.4, -0.2) is 49.9 Å². The zero-order valence-electron chi connectivity index (χ0n) is 19.2. The molecule has 1 N–H and O–H groups in total. The van der Waals surface area contributed by atoms with Crippen molar-refractivity contribution in [3.05, 3.63) is 65.5 Å². The van der Waals surface area contributed by atoms with Crippen molar-refractivity contribution in [1.29, 1.82) is 0 Å². The van der Waals surface area contributed by atoms with Crippen LogP contribution in [0.1, 0.15) is 41.3 Å². The number of aryl methyl sites for hydroxylation is 1. The first-order chi connectivity index (χ1) is 16.7. The molecule has 0 spiro atoms. The van der Waals surface area contributed by atoms with Gasteiger partial charge in [-0.25, -0.2) is 24.3 Å². The summed E-state index contributed by atoms with van der Waals surface area (Å²) in [6.45, 7) is 4.28. The SMILES string of the molecule is Cc1ccc(C(=O)N2CCCC(C)C2CNc2ncc(C(F)(F)F)cn2)c(-c2ncccn2)c1F. The van der Waals surface area contributed by atoms with E-state index >= 15 is 4.39 Å². The summed E-state index contributed by atoms with van der Waals surface area (Å²) in [5.41, 5.74) is -0.368. The number of nitrogens with zero attached hydrogens (tertiary/aromatic N) is 5. The summed E-state index contributed by atoms with van der Waals surface area (Å²) in [5, 5.41) is 2.94. The Morgan fingerprint density at radius 3 is 2.49 bits per heavy atom. The zero-order valence-corrected chi connectivity index (χ0v) is 19.2. The fraction of sp³-hybridized carbons (Fsp3) is 0.375. The molecule has 0 saturated carbocycles. The molecule has 0 aliphatic carbocycles. The number of hydrogen-bond donors (Lipinski definition) is 1. The highest BCUT2D eigenvalue weighted by atomic mass is 19.4. The molecule has 3 heterocycles. The largest absolute Gasteiger partial charge is 0.419 e. The van der Waals surface area contributed by atoms with Crippen LogP contribution in [0, 0.1) is 18.7 Å². The van der Waals surface area contributed by atoms with Crippen LogP contribution in [0.15, 0.2) is 43.0 Å². The van der Waals surface area contributed by atoms with Gasteiger partial charge in [-0.2, -0.15) is 13.2 Å². The Labute approximate surface area is 199 Å². The van der Waals surface area contributed by atoms with Gasteiger partial charge in [-0.1, -0.05) is 13.0 Å². The number of piperidine rings is 1. The summed E-state index contributed by atoms with van der Waals surface area (Å²) in [4.78, 5) is 31.1. The van der Waals surface area contributed by atoms with Gasteiger partial charge in [0.2, 0.25) is 5.95 Å². The van der Waals surface area contributed by atoms with Gasteiger partial charge < -0.3 is 10.2 Å². The molecule has 184 valence electrons. The molecule has 11 heteroatoms. The Balaban J connectivity index is 1.60. The van der Waals surface area contributed by atoms with E-state index in [4.69, 9.17) is 0 Å². The Morgan fingerprint density at radius 1 is 1.14 bits per heavy atom. The van der Waals surface area contributed by atoms with E-state index in [1.54, 1.807) is 30.0 Å². The van der Waals surface area contributed by atoms with E-state index < -0.39 is 17.6 Å². The number of alkyl halides is 3. The van der Waals surface area contributed by atoms with Crippen LogP contribution in [0.2, 0.25) is 0 Å². The predicted octanol–water partition coefficient (Wildman–Crippen LogP) is 4.75. The lowest BCUT2D eigenvalue weighted by atomic mass is 9.89. The topological polar surface area (TPSA) is 83.9 Å². The molecule has 2 atom stereocenters. The van der Waals surface area contributed by atoms with E-state index in [2.05, 4.69) is 25.3 Å². The number of benzene rings is 1. The van der Waals surface area contributed by atoms with E-state index in [0.717, 1.165) is 12.8 Å². The third kappa shape index (κ3) is 5.23. The molecule has 4 rings (SSSR count). The van der Waals surface area contributed by atoms with Crippen LogP contribution >= 0.6 is 0 Å². The zero-order chi connectivity index (χ0) is 25.2. The minimum Gasteiger partial charge on any atom is -0.352 e. The second-order valence-corrected chi connectivity index (χ2v) is 8.55. The number of nitrogens with one attached hydrogen (secondary N) is 1. The molecule has 3 aromatic rings. The highest BCUT2D eigenvalue weighted by Gasteiger charge is 2.35. The summed E-state index contributed by atoms with van der Waals surface area (Å²) in [6.07, 6.45) is 1.50. The number of carbonyl (C=O) groups is 1. The van der Waals surface area contributed by atoms with E-state index in [9.17, 15) is 18.0 Å². The molecule has 2 unspecified atom stereocenters. The molecule has 0 bridgehead atoms. The van der Waals surface area contributed by atoms with Gasteiger partial charge in [-0.15, -0.1) is 0 Å². The number of carbonyl (C=O) groups excluding carboxylic acids is 1. The predicted molar refractivity (Wildman–Crippen MR) is 121 cm³/mol. The first kappa shape index (κ1) is 24.5. The van der Waals surface area contributed by atoms with Gasteiger partial charge >= 0.3 is 6.18 Å². The number of aromatic nitrogens is 4. The van der Waals surface area contributed by atoms with Crippen LogP contribution in [0.4, 0.5) is 23.5 Å². The molecule has 7 nitrogen and oxygen atoms in total. The summed E-state index contributed by atoms with van der Waals surface area (Å²) in [5.74, 6) is -0.683. The molecule has 1 fully saturated rings. The fourth-order valence-corrected chi connectivity index (χ4v) is 4.23. The van der Waals surface area contributed by atoms with Crippen LogP contribution in [0.3, 0.4) is 0 Å². The second-order valence-electron chi connectivity index (χ2n) is 8.55. The van der Waals surface area contributed by atoms with Crippen molar-refractivity contribution in [2.45, 2.75) is 38.9 Å². The standard InChI is InChI=1S/C24H24F4N6O/c1-14-5-3-10-34(18(14)13-33-23-31-11-16(12-32-23)24(26,27)28)22(35)17-7-6-15(2)20(25)19(17)21-29-8-4-9-30-21/h4,6-9,11-12,14,18H,3,5,10,13H2,1-2H3,(H,31,32,33). The van der Waals surface area contributed by atoms with Gasteiger partial charge in [0.1, 0.15) is 5.82 Å². The van der Waals surface area contributed by atoms with Crippen LogP contribution in [0.5, 0.6) is 0 Å². The Hall–Kier alpha value is -3.63. The van der Waals surface area contributed by atoms with Gasteiger partial charge in [0.15, 0.2) is 5.82 Å². The number of likely N-dealkylation sites (tertiary alicyclic amines) is 1. The average Bonchev–Trinajstić information content (AvgIpc) is 2.84. The molecular formula is C24H24F4N6O. The monoisotopic (exact) mass is 488 g/mol. The van der Waals surface area contributed by atoms with Crippen molar-refractivity contribution in [2.75, 3.05) is 18.4 Å². The van der Waals surface area contributed by atoms with Crippen molar-refractivity contribution in [2.24, 2.45) is 5.92 Å². The van der Waals surface area contributed by atoms with Gasteiger partial charge in [0.05, 0.1) is 22.7 Å². The van der Waals surface area contributed by atoms with Gasteiger partial charge in [-0.05, 0) is 43.4 Å². The normalized spacial score (nSPS) is 18.4. The van der Waals surface area contributed by atoms with Crippen molar-refractivity contribution in [3.8, 4) is 11.4 Å². The smallest absolute Gasteiger partial charge is 0.352 e. The Morgan fingerprint density at radius 2 is 1.83 bits per heavy atom. The number of amides is 1. The van der Waals surface area contributed by atoms with E-state index in [1.807, 2.05) is 6.92 Å². The molecule has 2 aromatic heterocycles. The molecule has 1 aliphatic heterocycles. The third-order valence-electron chi connectivity index (χ3n) is 6.18. The van der Waals surface area contributed by atoms with E-state index in [1.165, 1.54) is 12.4 Å². The number of anilines is 1. The Bertz CT molecular complexity index is 1190. The van der Waals surface area contributed by atoms with Gasteiger partial charge in [-0.3, -0.25) is 4.79 Å². The average molecular weight is 488 g/mol. The lowest BCUT2D eigenvalue weighted by Crippen LogP contribution is -2.51. The van der Waals surface area contributed by atoms with Crippen LogP contribution < -0.4 is 5.32 Å². The molecule has 1 saturated heterocycles. The molecular weight excluding hydrogens is 464 g/mol. The highest BCUT2D eigenvalue weighted by Crippen LogP contribution is 2.31. The van der Waals surface area contributed by atoms with Crippen molar-refractivity contribution in [1.82, 2.24) is 24.8 Å². The minimum atomic E-state index is -4.52. The summed E-state index contributed by atoms with van der Waals surface area (Å²) < 4.78 is 53.5. The first-order valence-electron chi connectivity index (χ1n) is 11.2. The van der Waals surface area contributed by atoms with E-state index in [0.29, 0.717) is 24.5 Å². The number of halogens is 4. The third-order valence-corrected chi connectivity index (χ3v) is 6.18. The fourth-order valence-electron chi connectivity index (χ4n) is 4.23. The van der Waals surface area contributed by atoms with Crippen molar-refractivity contribution in [3.63, 3.8) is 0 Å². The maximum Gasteiger partial charge on any atom is 0.419 e. The molecule has 0 radical (unpaired) electrons. The molecule has 1 amide bonds. The summed E-state index contributed by atoms with van der Waals surface area (Å²) in [7, 11) is 0. The second kappa shape index (κ2) is 9.93. The lowest BCUT2D eigenvalue weighted by molar-refractivity contribution is -0.138. The molecule has 1 aliphatic rings. The van der Waals surface area contributed by atoms with Gasteiger partial charge in [0, 0.05) is 37.9 Å². The maximum absolute atomic E-state index is 15.2. The minimum absolute atomic E-state index is 0.0305. The molecule has 35 heavy (non-hydrogen) atoms. The lowest BCUT2D eigenvalue weighted by Gasteiger charge is -2.40. The van der Waals surface area contributed by atoms with Crippen LogP contribution in [-0.2, 0) is 6.18 Å². The van der Waals surface area contributed by atoms with Crippen molar-refractivity contribution >= 4 is 11.9 Å². The first-order valence-corrected chi connectivity index (χ1v) is 11.2. The highest BCUT2D eigenvalue weighted by molar-refractivity contribution is 6.00. The summed E-state index contributed by atoms with van der Waals surface area (Å²) >= 11 is 0. The van der Waals surface area contributed by atoms with Crippen LogP contribution in [0.25, 0.3) is 11.4 Å². The maximum atomic E-state index is 15.2. The Kier molecular flexibility index (Phi) is 6.95. The number of rotatable bonds is 5. The van der Waals surface area contributed by atoms with Gasteiger partial charge in [0.25, 0.3) is 5.91 Å².